The maximum absolute atomic E-state index is 12.7. The van der Waals surface area contributed by atoms with Crippen LogP contribution in [0.4, 0.5) is 15.5 Å². The van der Waals surface area contributed by atoms with E-state index in [-0.39, 0.29) is 17.9 Å². The van der Waals surface area contributed by atoms with Crippen molar-refractivity contribution in [2.75, 3.05) is 10.6 Å². The Hall–Kier alpha value is -4.17. The molecule has 4 rings (SSSR count). The Morgan fingerprint density at radius 3 is 2.42 bits per heavy atom. The Bertz CT molecular complexity index is 1350. The molecule has 7 nitrogen and oxygen atoms in total. The fraction of sp³-hybridized carbons (Fsp3) is 0.179. The molecule has 2 heterocycles. The highest BCUT2D eigenvalue weighted by Crippen LogP contribution is 2.35. The third-order valence-corrected chi connectivity index (χ3v) is 6.16. The first-order chi connectivity index (χ1) is 17.3. The lowest BCUT2D eigenvalue weighted by Gasteiger charge is -2.22. The van der Waals surface area contributed by atoms with E-state index >= 15 is 0 Å². The largest absolute Gasteiger partial charge is 0.457 e. The van der Waals surface area contributed by atoms with Gasteiger partial charge in [-0.1, -0.05) is 69.3 Å². The van der Waals surface area contributed by atoms with E-state index in [1.807, 2.05) is 54.6 Å². The molecule has 2 N–H and O–H groups in total. The van der Waals surface area contributed by atoms with E-state index in [9.17, 15) is 9.59 Å². The standard InChI is InChI=1S/C28H27N3O4S/c1-28(2,3)20-12-7-8-14-22(20)35-25-21(13-9-17-29-25)30-27(33)31-24-16-15-23(36-24)26(32)34-18-19-10-5-4-6-11-19/h4-17H,18H2,1-3H3,(H2,30,31,33). The first-order valence-corrected chi connectivity index (χ1v) is 12.2. The summed E-state index contributed by atoms with van der Waals surface area (Å²) in [4.78, 5) is 29.7. The van der Waals surface area contributed by atoms with Gasteiger partial charge >= 0.3 is 12.0 Å². The summed E-state index contributed by atoms with van der Waals surface area (Å²) < 4.78 is 11.5. The summed E-state index contributed by atoms with van der Waals surface area (Å²) >= 11 is 1.13. The molecule has 0 radical (unpaired) electrons. The van der Waals surface area contributed by atoms with Crippen molar-refractivity contribution >= 4 is 34.0 Å². The van der Waals surface area contributed by atoms with Crippen LogP contribution in [0.1, 0.15) is 41.6 Å². The molecule has 2 amide bonds. The van der Waals surface area contributed by atoms with E-state index in [0.717, 1.165) is 22.5 Å². The van der Waals surface area contributed by atoms with Crippen LogP contribution in [0.25, 0.3) is 0 Å². The lowest BCUT2D eigenvalue weighted by Crippen LogP contribution is -2.19. The second-order valence-corrected chi connectivity index (χ2v) is 10.1. The topological polar surface area (TPSA) is 89.5 Å². The van der Waals surface area contributed by atoms with Gasteiger partial charge in [-0.05, 0) is 41.3 Å². The number of nitrogens with one attached hydrogen (secondary N) is 2. The van der Waals surface area contributed by atoms with E-state index in [4.69, 9.17) is 9.47 Å². The van der Waals surface area contributed by atoms with Gasteiger partial charge in [0.05, 0.1) is 5.00 Å². The number of carbonyl (C=O) groups is 2. The Balaban J connectivity index is 1.39. The Morgan fingerprint density at radius 2 is 1.64 bits per heavy atom. The van der Waals surface area contributed by atoms with Crippen molar-refractivity contribution in [3.63, 3.8) is 0 Å². The number of amides is 2. The van der Waals surface area contributed by atoms with Gasteiger partial charge in [0.1, 0.15) is 22.9 Å². The summed E-state index contributed by atoms with van der Waals surface area (Å²) in [6.07, 6.45) is 1.60. The number of ether oxygens (including phenoxy) is 2. The predicted molar refractivity (Wildman–Crippen MR) is 142 cm³/mol. The van der Waals surface area contributed by atoms with E-state index in [2.05, 4.69) is 36.4 Å². The zero-order valence-electron chi connectivity index (χ0n) is 20.3. The molecule has 0 aliphatic rings. The van der Waals surface area contributed by atoms with Crippen molar-refractivity contribution in [3.05, 3.63) is 101 Å². The van der Waals surface area contributed by atoms with E-state index in [0.29, 0.717) is 21.3 Å². The lowest BCUT2D eigenvalue weighted by molar-refractivity contribution is 0.0478. The predicted octanol–water partition coefficient (Wildman–Crippen LogP) is 7.23. The Kier molecular flexibility index (Phi) is 7.65. The zero-order chi connectivity index (χ0) is 25.5. The third-order valence-electron chi connectivity index (χ3n) is 5.18. The van der Waals surface area contributed by atoms with Gasteiger partial charge < -0.3 is 14.8 Å². The minimum absolute atomic E-state index is 0.130. The number of pyridine rings is 1. The van der Waals surface area contributed by atoms with Crippen LogP contribution >= 0.6 is 11.3 Å². The highest BCUT2D eigenvalue weighted by molar-refractivity contribution is 7.18. The maximum Gasteiger partial charge on any atom is 0.348 e. The van der Waals surface area contributed by atoms with Gasteiger partial charge in [-0.25, -0.2) is 14.6 Å². The third kappa shape index (κ3) is 6.49. The summed E-state index contributed by atoms with van der Waals surface area (Å²) in [6, 6.07) is 23.4. The minimum atomic E-state index is -0.483. The van der Waals surface area contributed by atoms with E-state index < -0.39 is 12.0 Å². The Labute approximate surface area is 214 Å². The van der Waals surface area contributed by atoms with Crippen LogP contribution in [0.5, 0.6) is 11.6 Å². The summed E-state index contributed by atoms with van der Waals surface area (Å²) in [5, 5.41) is 6.02. The number of benzene rings is 2. The second kappa shape index (κ2) is 11.0. The summed E-state index contributed by atoms with van der Waals surface area (Å²) in [5.74, 6) is 0.502. The molecule has 0 bridgehead atoms. The molecular weight excluding hydrogens is 474 g/mol. The zero-order valence-corrected chi connectivity index (χ0v) is 21.1. The summed E-state index contributed by atoms with van der Waals surface area (Å²) in [7, 11) is 0. The molecule has 8 heteroatoms. The molecule has 36 heavy (non-hydrogen) atoms. The monoisotopic (exact) mass is 501 g/mol. The number of urea groups is 1. The molecule has 2 aromatic carbocycles. The van der Waals surface area contributed by atoms with Gasteiger partial charge in [-0.15, -0.1) is 11.3 Å². The number of rotatable bonds is 7. The number of hydrogen-bond acceptors (Lipinski definition) is 6. The fourth-order valence-corrected chi connectivity index (χ4v) is 4.22. The van der Waals surface area contributed by atoms with Crippen molar-refractivity contribution in [1.82, 2.24) is 4.98 Å². The van der Waals surface area contributed by atoms with Gasteiger partial charge in [0.25, 0.3) is 0 Å². The summed E-state index contributed by atoms with van der Waals surface area (Å²) in [5.41, 5.74) is 2.21. The average Bonchev–Trinajstić information content (AvgIpc) is 3.32. The van der Waals surface area contributed by atoms with Crippen LogP contribution in [0.2, 0.25) is 0 Å². The van der Waals surface area contributed by atoms with Crippen molar-refractivity contribution < 1.29 is 19.1 Å². The molecule has 0 spiro atoms. The van der Waals surface area contributed by atoms with E-state index in [1.54, 1.807) is 30.5 Å². The Morgan fingerprint density at radius 1 is 0.889 bits per heavy atom. The summed E-state index contributed by atoms with van der Waals surface area (Å²) in [6.45, 7) is 6.50. The number of para-hydroxylation sites is 1. The number of nitrogens with zero attached hydrogens (tertiary/aromatic N) is 1. The van der Waals surface area contributed by atoms with Crippen molar-refractivity contribution in [3.8, 4) is 11.6 Å². The van der Waals surface area contributed by atoms with Gasteiger partial charge in [0.2, 0.25) is 5.88 Å². The molecule has 184 valence electrons. The second-order valence-electron chi connectivity index (χ2n) is 9.01. The fourth-order valence-electron chi connectivity index (χ4n) is 3.42. The number of esters is 1. The van der Waals surface area contributed by atoms with Crippen LogP contribution in [-0.2, 0) is 16.8 Å². The molecule has 0 aliphatic carbocycles. The van der Waals surface area contributed by atoms with Crippen LogP contribution < -0.4 is 15.4 Å². The number of thiophene rings is 1. The first kappa shape index (κ1) is 24.9. The normalized spacial score (nSPS) is 11.0. The minimum Gasteiger partial charge on any atom is -0.457 e. The molecule has 4 aromatic rings. The van der Waals surface area contributed by atoms with E-state index in [1.165, 1.54) is 0 Å². The van der Waals surface area contributed by atoms with Crippen LogP contribution in [0.15, 0.2) is 85.1 Å². The smallest absolute Gasteiger partial charge is 0.348 e. The number of aromatic nitrogens is 1. The van der Waals surface area contributed by atoms with Gasteiger partial charge in [-0.2, -0.15) is 0 Å². The van der Waals surface area contributed by atoms with Gasteiger partial charge in [-0.3, -0.25) is 5.32 Å². The molecule has 0 atom stereocenters. The molecule has 0 unspecified atom stereocenters. The van der Waals surface area contributed by atoms with Crippen molar-refractivity contribution in [1.29, 1.82) is 0 Å². The molecule has 0 aliphatic heterocycles. The van der Waals surface area contributed by atoms with Gasteiger partial charge in [0.15, 0.2) is 0 Å². The highest BCUT2D eigenvalue weighted by atomic mass is 32.1. The van der Waals surface area contributed by atoms with Crippen molar-refractivity contribution in [2.24, 2.45) is 0 Å². The SMILES string of the molecule is CC(C)(C)c1ccccc1Oc1ncccc1NC(=O)Nc1ccc(C(=O)OCc2ccccc2)s1. The quantitative estimate of drug-likeness (QED) is 0.261. The molecule has 0 saturated carbocycles. The van der Waals surface area contributed by atoms with Crippen LogP contribution in [0.3, 0.4) is 0 Å². The van der Waals surface area contributed by atoms with Crippen molar-refractivity contribution in [2.45, 2.75) is 32.8 Å². The number of carbonyl (C=O) groups excluding carboxylic acids is 2. The number of hydrogen-bond donors (Lipinski definition) is 2. The lowest BCUT2D eigenvalue weighted by atomic mass is 9.86. The van der Waals surface area contributed by atoms with Crippen LogP contribution in [-0.4, -0.2) is 17.0 Å². The molecular formula is C28H27N3O4S. The molecule has 0 fully saturated rings. The molecule has 2 aromatic heterocycles. The number of anilines is 2. The first-order valence-electron chi connectivity index (χ1n) is 11.4. The average molecular weight is 502 g/mol. The van der Waals surface area contributed by atoms with Gasteiger partial charge in [0, 0.05) is 11.8 Å². The maximum atomic E-state index is 12.7. The van der Waals surface area contributed by atoms with Crippen LogP contribution in [0, 0.1) is 0 Å². The highest BCUT2D eigenvalue weighted by Gasteiger charge is 2.20. The molecule has 0 saturated heterocycles.